The molecule has 0 saturated carbocycles. The Morgan fingerprint density at radius 1 is 1.18 bits per heavy atom. The normalized spacial score (nSPS) is 11.9. The largest absolute Gasteiger partial charge is 0.381 e. The van der Waals surface area contributed by atoms with Crippen LogP contribution in [0.4, 0.5) is 5.82 Å². The zero-order chi connectivity index (χ0) is 28.0. The number of carbonyl (C=O) groups is 1. The second kappa shape index (κ2) is 9.79. The molecule has 0 radical (unpaired) electrons. The van der Waals surface area contributed by atoms with Gasteiger partial charge in [0.2, 0.25) is 0 Å². The van der Waals surface area contributed by atoms with Gasteiger partial charge in [0.15, 0.2) is 16.4 Å². The highest BCUT2D eigenvalue weighted by molar-refractivity contribution is 7.15. The number of benzene rings is 1. The number of thiazole rings is 1. The Labute approximate surface area is 231 Å². The Balaban J connectivity index is 1.45. The Kier molecular flexibility index (Phi) is 6.13. The molecular formula is C28H23N9O2S. The quantitative estimate of drug-likeness (QED) is 0.323. The molecule has 0 bridgehead atoms. The van der Waals surface area contributed by atoms with Crippen LogP contribution in [0.5, 0.6) is 0 Å². The van der Waals surface area contributed by atoms with Crippen molar-refractivity contribution in [1.29, 1.82) is 0 Å². The van der Waals surface area contributed by atoms with E-state index in [-0.39, 0.29) is 16.9 Å². The molecule has 1 amide bonds. The van der Waals surface area contributed by atoms with E-state index in [9.17, 15) is 9.59 Å². The number of nitrogen functional groups attached to an aromatic ring is 1. The van der Waals surface area contributed by atoms with E-state index in [0.29, 0.717) is 33.1 Å². The molecule has 40 heavy (non-hydrogen) atoms. The van der Waals surface area contributed by atoms with Crippen LogP contribution in [0.25, 0.3) is 21.7 Å². The number of nitrogens with zero attached hydrogens (tertiary/aromatic N) is 7. The molecule has 0 saturated heterocycles. The molecule has 12 heteroatoms. The molecule has 198 valence electrons. The number of rotatable bonds is 4. The lowest BCUT2D eigenvalue weighted by molar-refractivity contribution is 0.0941. The van der Waals surface area contributed by atoms with Crippen molar-refractivity contribution >= 4 is 33.7 Å². The summed E-state index contributed by atoms with van der Waals surface area (Å²) in [7, 11) is 1.85. The molecule has 0 unspecified atom stereocenters. The maximum Gasteiger partial charge on any atom is 0.267 e. The SMILES string of the molecule is Cc1c(C#Cc2csc3nc([C@@H](C)NC(=O)c4c(N)nn5cccnc45)c(-c4ccccc4)c(=O)n23)cnn1C. The number of nitrogens with one attached hydrogen (secondary N) is 1. The molecule has 0 fully saturated rings. The second-order valence-electron chi connectivity index (χ2n) is 9.14. The van der Waals surface area contributed by atoms with Gasteiger partial charge in [-0.05, 0) is 31.4 Å². The van der Waals surface area contributed by atoms with Crippen molar-refractivity contribution in [3.8, 4) is 23.0 Å². The lowest BCUT2D eigenvalue weighted by atomic mass is 10.0. The Morgan fingerprint density at radius 3 is 2.73 bits per heavy atom. The van der Waals surface area contributed by atoms with Gasteiger partial charge < -0.3 is 11.1 Å². The summed E-state index contributed by atoms with van der Waals surface area (Å²) in [5, 5.41) is 13.1. The smallest absolute Gasteiger partial charge is 0.267 e. The van der Waals surface area contributed by atoms with E-state index in [1.807, 2.05) is 44.3 Å². The van der Waals surface area contributed by atoms with Gasteiger partial charge >= 0.3 is 0 Å². The third-order valence-electron chi connectivity index (χ3n) is 6.63. The van der Waals surface area contributed by atoms with E-state index in [4.69, 9.17) is 10.7 Å². The topological polar surface area (TPSA) is 138 Å². The van der Waals surface area contributed by atoms with Crippen molar-refractivity contribution in [2.24, 2.45) is 7.05 Å². The third kappa shape index (κ3) is 4.18. The Morgan fingerprint density at radius 2 is 1.98 bits per heavy atom. The van der Waals surface area contributed by atoms with E-state index in [1.54, 1.807) is 41.6 Å². The summed E-state index contributed by atoms with van der Waals surface area (Å²) in [4.78, 5) is 37.0. The third-order valence-corrected chi connectivity index (χ3v) is 7.45. The molecule has 6 aromatic rings. The fourth-order valence-corrected chi connectivity index (χ4v) is 5.28. The minimum Gasteiger partial charge on any atom is -0.381 e. The maximum atomic E-state index is 14.1. The van der Waals surface area contributed by atoms with Crippen LogP contribution in [0, 0.1) is 18.8 Å². The number of carbonyl (C=O) groups excluding carboxylic acids is 1. The van der Waals surface area contributed by atoms with Gasteiger partial charge in [0.05, 0.1) is 34.8 Å². The lowest BCUT2D eigenvalue weighted by Crippen LogP contribution is -2.30. The number of hydrogen-bond acceptors (Lipinski definition) is 8. The van der Waals surface area contributed by atoms with Gasteiger partial charge in [-0.3, -0.25) is 14.3 Å². The van der Waals surface area contributed by atoms with Crippen LogP contribution in [-0.2, 0) is 7.05 Å². The van der Waals surface area contributed by atoms with E-state index < -0.39 is 11.9 Å². The second-order valence-corrected chi connectivity index (χ2v) is 9.98. The highest BCUT2D eigenvalue weighted by Gasteiger charge is 2.25. The van der Waals surface area contributed by atoms with E-state index in [2.05, 4.69) is 32.3 Å². The van der Waals surface area contributed by atoms with E-state index in [1.165, 1.54) is 20.3 Å². The molecule has 5 heterocycles. The minimum atomic E-state index is -0.645. The molecule has 6 rings (SSSR count). The number of nitrogens with two attached hydrogens (primary N) is 1. The number of anilines is 1. The van der Waals surface area contributed by atoms with Crippen LogP contribution in [0.15, 0.2) is 65.2 Å². The van der Waals surface area contributed by atoms with Gasteiger partial charge in [0.1, 0.15) is 11.3 Å². The zero-order valence-corrected chi connectivity index (χ0v) is 22.6. The van der Waals surface area contributed by atoms with Crippen LogP contribution in [0.2, 0.25) is 0 Å². The van der Waals surface area contributed by atoms with Crippen LogP contribution < -0.4 is 16.6 Å². The van der Waals surface area contributed by atoms with Crippen LogP contribution in [0.3, 0.4) is 0 Å². The lowest BCUT2D eigenvalue weighted by Gasteiger charge is -2.17. The van der Waals surface area contributed by atoms with Crippen molar-refractivity contribution in [1.82, 2.24) is 39.1 Å². The predicted octanol–water partition coefficient (Wildman–Crippen LogP) is 2.98. The predicted molar refractivity (Wildman–Crippen MR) is 152 cm³/mol. The highest BCUT2D eigenvalue weighted by atomic mass is 32.1. The van der Waals surface area contributed by atoms with Crippen molar-refractivity contribution in [3.05, 3.63) is 98.9 Å². The molecular weight excluding hydrogens is 526 g/mol. The summed E-state index contributed by atoms with van der Waals surface area (Å²) in [6.07, 6.45) is 4.92. The first-order chi connectivity index (χ1) is 19.3. The minimum absolute atomic E-state index is 0.0560. The van der Waals surface area contributed by atoms with Crippen molar-refractivity contribution in [2.45, 2.75) is 19.9 Å². The monoisotopic (exact) mass is 549 g/mol. The van der Waals surface area contributed by atoms with E-state index in [0.717, 1.165) is 11.3 Å². The molecule has 0 spiro atoms. The molecule has 1 aromatic carbocycles. The summed E-state index contributed by atoms with van der Waals surface area (Å²) in [5.74, 6) is 5.82. The first-order valence-corrected chi connectivity index (χ1v) is 13.2. The average molecular weight is 550 g/mol. The van der Waals surface area contributed by atoms with Gasteiger partial charge in [0.25, 0.3) is 11.5 Å². The number of hydrogen-bond donors (Lipinski definition) is 2. The fraction of sp³-hybridized carbons (Fsp3) is 0.143. The van der Waals surface area contributed by atoms with Gasteiger partial charge in [-0.2, -0.15) is 5.10 Å². The average Bonchev–Trinajstić information content (AvgIpc) is 3.62. The first kappa shape index (κ1) is 25.0. The summed E-state index contributed by atoms with van der Waals surface area (Å²) >= 11 is 1.30. The summed E-state index contributed by atoms with van der Waals surface area (Å²) in [5.41, 5.74) is 9.97. The fourth-order valence-electron chi connectivity index (χ4n) is 4.46. The summed E-state index contributed by atoms with van der Waals surface area (Å²) < 4.78 is 4.70. The summed E-state index contributed by atoms with van der Waals surface area (Å²) in [6, 6.07) is 10.3. The highest BCUT2D eigenvalue weighted by Crippen LogP contribution is 2.27. The van der Waals surface area contributed by atoms with Gasteiger partial charge in [-0.15, -0.1) is 16.4 Å². The molecule has 5 aromatic heterocycles. The summed E-state index contributed by atoms with van der Waals surface area (Å²) in [6.45, 7) is 3.71. The standard InChI is InChI=1S/C28H23N9O2S/c1-16(32-26(38)22-24(29)34-36-13-7-12-30-25(22)36)23-21(18-8-5-4-6-9-18)27(39)37-20(15-40-28(37)33-23)11-10-19-14-31-35(3)17(19)2/h4-9,12-16H,1-3H3,(H2,29,34)(H,32,38)/t16-/m1/s1. The van der Waals surface area contributed by atoms with Crippen LogP contribution in [0.1, 0.15) is 46.0 Å². The molecule has 0 aliphatic heterocycles. The molecule has 3 N–H and O–H groups in total. The van der Waals surface area contributed by atoms with Crippen molar-refractivity contribution in [2.75, 3.05) is 5.73 Å². The molecule has 1 atom stereocenters. The maximum absolute atomic E-state index is 14.1. The number of aryl methyl sites for hydroxylation is 1. The van der Waals surface area contributed by atoms with E-state index >= 15 is 0 Å². The van der Waals surface area contributed by atoms with Crippen molar-refractivity contribution in [3.63, 3.8) is 0 Å². The molecule has 0 aliphatic rings. The first-order valence-electron chi connectivity index (χ1n) is 12.3. The zero-order valence-electron chi connectivity index (χ0n) is 21.8. The Bertz CT molecular complexity index is 2040. The van der Waals surface area contributed by atoms with Crippen molar-refractivity contribution < 1.29 is 4.79 Å². The molecule has 11 nitrogen and oxygen atoms in total. The number of fused-ring (bicyclic) bond motifs is 2. The molecule has 0 aliphatic carbocycles. The Hall–Kier alpha value is -5.28. The number of aromatic nitrogens is 7. The van der Waals surface area contributed by atoms with Crippen LogP contribution >= 0.6 is 11.3 Å². The van der Waals surface area contributed by atoms with Gasteiger partial charge in [-0.1, -0.05) is 36.3 Å². The van der Waals surface area contributed by atoms with Gasteiger partial charge in [0, 0.05) is 24.8 Å². The number of amides is 1. The van der Waals surface area contributed by atoms with Gasteiger partial charge in [-0.25, -0.2) is 18.9 Å². The van der Waals surface area contributed by atoms with Crippen LogP contribution in [-0.4, -0.2) is 39.7 Å².